The normalized spacial score (nSPS) is 30.6. The van der Waals surface area contributed by atoms with Crippen molar-refractivity contribution in [3.63, 3.8) is 0 Å². The number of unbranched alkanes of at least 4 members (excludes halogenated alkanes) is 1. The number of amides is 3. The van der Waals surface area contributed by atoms with Crippen molar-refractivity contribution in [3.8, 4) is 11.5 Å². The Kier molecular flexibility index (Phi) is 12.2. The van der Waals surface area contributed by atoms with Crippen molar-refractivity contribution < 1.29 is 52.3 Å². The highest BCUT2D eigenvalue weighted by molar-refractivity contribution is 8.00. The van der Waals surface area contributed by atoms with E-state index in [2.05, 4.69) is 48.4 Å². The van der Waals surface area contributed by atoms with Crippen LogP contribution in [0.5, 0.6) is 11.5 Å². The van der Waals surface area contributed by atoms with Crippen LogP contribution in [0.25, 0.3) is 0 Å². The summed E-state index contributed by atoms with van der Waals surface area (Å²) in [4.78, 5) is 53.3. The minimum Gasteiger partial charge on any atom is -0.454 e. The van der Waals surface area contributed by atoms with E-state index in [0.29, 0.717) is 107 Å². The molecule has 3 saturated heterocycles. The number of esters is 2. The van der Waals surface area contributed by atoms with E-state index in [9.17, 15) is 19.2 Å². The van der Waals surface area contributed by atoms with Crippen LogP contribution in [-0.2, 0) is 46.2 Å². The summed E-state index contributed by atoms with van der Waals surface area (Å²) in [5.41, 5.74) is -0.563. The van der Waals surface area contributed by atoms with Crippen molar-refractivity contribution in [2.45, 2.75) is 117 Å². The number of ether oxygens (including phenoxy) is 7. The van der Waals surface area contributed by atoms with E-state index in [1.165, 1.54) is 0 Å². The van der Waals surface area contributed by atoms with Crippen LogP contribution in [0.3, 0.4) is 0 Å². The van der Waals surface area contributed by atoms with Gasteiger partial charge in [0.15, 0.2) is 22.7 Å². The molecule has 346 valence electrons. The zero-order valence-electron chi connectivity index (χ0n) is 36.1. The smallest absolute Gasteiger partial charge is 0.339 e. The van der Waals surface area contributed by atoms with Gasteiger partial charge in [0, 0.05) is 55.0 Å². The molecule has 20 nitrogen and oxygen atoms in total. The van der Waals surface area contributed by atoms with Crippen LogP contribution in [0.1, 0.15) is 85.3 Å². The quantitative estimate of drug-likeness (QED) is 0.0827. The van der Waals surface area contributed by atoms with Gasteiger partial charge in [0.2, 0.25) is 18.4 Å². The number of thioether (sulfide) groups is 1. The maximum Gasteiger partial charge on any atom is 0.339 e. The van der Waals surface area contributed by atoms with Gasteiger partial charge in [-0.1, -0.05) is 11.6 Å². The minimum absolute atomic E-state index is 0.00583. The number of likely N-dealkylation sites (tertiary alicyclic amines) is 1. The second-order valence-electron chi connectivity index (χ2n) is 18.3. The molecule has 6 aliphatic heterocycles. The third kappa shape index (κ3) is 8.77. The van der Waals surface area contributed by atoms with Gasteiger partial charge in [0.1, 0.15) is 0 Å². The number of urea groups is 1. The van der Waals surface area contributed by atoms with Crippen molar-refractivity contribution in [2.24, 2.45) is 16.1 Å². The molecule has 10 rings (SSSR count). The summed E-state index contributed by atoms with van der Waals surface area (Å²) in [6, 6.07) is 4.17. The van der Waals surface area contributed by atoms with Gasteiger partial charge in [0.05, 0.1) is 75.9 Å². The van der Waals surface area contributed by atoms with Crippen LogP contribution in [0.2, 0.25) is 0 Å². The summed E-state index contributed by atoms with van der Waals surface area (Å²) in [7, 11) is 2.12. The molecule has 21 heteroatoms. The number of likely N-dealkylation sites (N-methyl/N-ethyl adjacent to an activating group) is 1. The predicted molar refractivity (Wildman–Crippen MR) is 226 cm³/mol. The van der Waals surface area contributed by atoms with Crippen LogP contribution >= 0.6 is 11.8 Å². The number of fused-ring (bicyclic) bond motifs is 6. The highest BCUT2D eigenvalue weighted by atomic mass is 32.2. The molecule has 1 spiro atoms. The Balaban J connectivity index is 0.581. The summed E-state index contributed by atoms with van der Waals surface area (Å²) >= 11 is 1.89. The zero-order valence-corrected chi connectivity index (χ0v) is 36.9. The van der Waals surface area contributed by atoms with Crippen LogP contribution in [0, 0.1) is 5.92 Å². The molecule has 2 aromatic rings. The molecule has 3 N–H and O–H groups in total. The molecule has 8 aliphatic rings. The van der Waals surface area contributed by atoms with Gasteiger partial charge in [-0.25, -0.2) is 14.3 Å². The average Bonchev–Trinajstić information content (AvgIpc) is 3.63. The first kappa shape index (κ1) is 43.3. The highest BCUT2D eigenvalue weighted by Crippen LogP contribution is 2.72. The first-order valence-corrected chi connectivity index (χ1v) is 23.8. The molecule has 7 heterocycles. The van der Waals surface area contributed by atoms with Gasteiger partial charge >= 0.3 is 18.0 Å². The molecule has 2 aliphatic carbocycles. The molecule has 64 heavy (non-hydrogen) atoms. The lowest BCUT2D eigenvalue weighted by atomic mass is 9.68. The number of benzene rings is 1. The van der Waals surface area contributed by atoms with Crippen LogP contribution in [0.15, 0.2) is 28.6 Å². The van der Waals surface area contributed by atoms with E-state index in [0.717, 1.165) is 49.2 Å². The van der Waals surface area contributed by atoms with Crippen molar-refractivity contribution >= 4 is 35.6 Å². The van der Waals surface area contributed by atoms with Gasteiger partial charge in [0.25, 0.3) is 0 Å². The van der Waals surface area contributed by atoms with Gasteiger partial charge in [-0.3, -0.25) is 9.59 Å². The second-order valence-corrected chi connectivity index (χ2v) is 19.6. The second kappa shape index (κ2) is 18.0. The van der Waals surface area contributed by atoms with Crippen LogP contribution in [-0.4, -0.2) is 156 Å². The number of nitrogens with zero attached hydrogens (tertiary/aromatic N) is 6. The summed E-state index contributed by atoms with van der Waals surface area (Å²) in [5, 5.41) is 26.4. The Hall–Kier alpha value is -4.57. The predicted octanol–water partition coefficient (Wildman–Crippen LogP) is 2.49. The molecule has 2 saturated carbocycles. The monoisotopic (exact) mass is 907 g/mol. The number of nitrogens with one attached hydrogen (secondary N) is 3. The number of carbonyl (C=O) groups excluding carboxylic acids is 4. The van der Waals surface area contributed by atoms with Crippen molar-refractivity contribution in [1.82, 2.24) is 35.8 Å². The standard InChI is InChI=1S/C43H57N9O11S/c1-51-10-7-26-20-41(24-43(41)36(38(26)51)28-18-31-32(61-25-60-31)19-29(28)39(55)63-43)62-35(54)21-42(48-49-42)8-6-27-22-52(50-47-27)11-13-58-15-17-59-16-14-57-12-9-44-34(53)5-3-2-4-33-37-30(23-64-33)45-40(56)46-37/h18-19,22,26,30,33,36-38H,2-17,20-21,23-25H2,1H3,(H,44,53)(H2,45,46,56)/t26-,30+,33+,36+,37+,38-,41+,43+/m1/s1. The van der Waals surface area contributed by atoms with E-state index >= 15 is 0 Å². The van der Waals surface area contributed by atoms with Crippen molar-refractivity contribution in [2.75, 3.05) is 72.3 Å². The molecular formula is C43H57N9O11S. The Morgan fingerprint density at radius 2 is 1.81 bits per heavy atom. The summed E-state index contributed by atoms with van der Waals surface area (Å²) < 4.78 is 42.6. The minimum atomic E-state index is -0.935. The Morgan fingerprint density at radius 3 is 2.64 bits per heavy atom. The summed E-state index contributed by atoms with van der Waals surface area (Å²) in [6.45, 7) is 4.57. The number of carbonyl (C=O) groups is 4. The largest absolute Gasteiger partial charge is 0.454 e. The lowest BCUT2D eigenvalue weighted by Gasteiger charge is -2.47. The Morgan fingerprint density at radius 1 is 1.02 bits per heavy atom. The van der Waals surface area contributed by atoms with Gasteiger partial charge < -0.3 is 54.0 Å². The third-order valence-electron chi connectivity index (χ3n) is 14.2. The highest BCUT2D eigenvalue weighted by Gasteiger charge is 2.83. The van der Waals surface area contributed by atoms with Gasteiger partial charge in [-0.15, -0.1) is 5.10 Å². The molecular weight excluding hydrogens is 851 g/mol. The fraction of sp³-hybridized carbons (Fsp3) is 0.721. The molecule has 0 bridgehead atoms. The SMILES string of the molecule is CN1CC[C@@H]2C[C@]3(OC(=O)CC4(CCc5cn(CCOCCOCCOCCNC(=O)CCCC[C@@H]6SC[C@@H]7NC(=O)N[C@@H]76)nn5)N=N4)C[C@@]34OC(=O)c3cc5c(cc3[C@H]4[C@@H]21)OCO5. The zero-order chi connectivity index (χ0) is 43.9. The van der Waals surface area contributed by atoms with E-state index in [1.807, 2.05) is 24.0 Å². The third-order valence-corrected chi connectivity index (χ3v) is 15.7. The molecule has 1 aromatic heterocycles. The number of hydrogen-bond donors (Lipinski definition) is 3. The molecule has 5 fully saturated rings. The molecule has 3 amide bonds. The summed E-state index contributed by atoms with van der Waals surface area (Å²) in [5.74, 6) is 1.43. The average molecular weight is 908 g/mol. The van der Waals surface area contributed by atoms with E-state index in [1.54, 1.807) is 10.7 Å². The molecule has 0 unspecified atom stereocenters. The fourth-order valence-electron chi connectivity index (χ4n) is 11.0. The fourth-order valence-corrected chi connectivity index (χ4v) is 12.5. The first-order chi connectivity index (χ1) is 31.1. The van der Waals surface area contributed by atoms with Gasteiger partial charge in [-0.2, -0.15) is 22.0 Å². The lowest BCUT2D eigenvalue weighted by Crippen LogP contribution is -2.55. The maximum atomic E-state index is 13.7. The molecule has 8 atom stereocenters. The van der Waals surface area contributed by atoms with E-state index in [-0.39, 0.29) is 55.1 Å². The van der Waals surface area contributed by atoms with E-state index in [4.69, 9.17) is 33.2 Å². The van der Waals surface area contributed by atoms with Crippen LogP contribution < -0.4 is 25.4 Å². The van der Waals surface area contributed by atoms with Crippen molar-refractivity contribution in [3.05, 3.63) is 35.2 Å². The van der Waals surface area contributed by atoms with Crippen LogP contribution in [0.4, 0.5) is 4.79 Å². The lowest BCUT2D eigenvalue weighted by molar-refractivity contribution is -0.165. The van der Waals surface area contributed by atoms with Crippen molar-refractivity contribution in [1.29, 1.82) is 0 Å². The number of hydrogen-bond acceptors (Lipinski definition) is 17. The van der Waals surface area contributed by atoms with Gasteiger partial charge in [-0.05, 0) is 69.3 Å². The number of aryl methyl sites for hydroxylation is 1. The molecule has 0 radical (unpaired) electrons. The van der Waals surface area contributed by atoms with E-state index < -0.39 is 28.8 Å². The Bertz CT molecular complexity index is 2140. The summed E-state index contributed by atoms with van der Waals surface area (Å²) in [6.07, 6.45) is 8.24. The molecule has 1 aromatic carbocycles. The number of rotatable bonds is 23. The topological polar surface area (TPSA) is 228 Å². The maximum absolute atomic E-state index is 13.7. The first-order valence-electron chi connectivity index (χ1n) is 22.7. The number of aromatic nitrogens is 3. The Labute approximate surface area is 374 Å².